The van der Waals surface area contributed by atoms with Gasteiger partial charge in [0.25, 0.3) is 5.91 Å². The summed E-state index contributed by atoms with van der Waals surface area (Å²) < 4.78 is 0. The minimum absolute atomic E-state index is 0.0477. The van der Waals surface area contributed by atoms with Crippen LogP contribution in [0.15, 0.2) is 35.4 Å². The van der Waals surface area contributed by atoms with E-state index in [4.69, 9.17) is 0 Å². The second-order valence-corrected chi connectivity index (χ2v) is 3.97. The minimum atomic E-state index is -0.150. The van der Waals surface area contributed by atoms with Crippen molar-refractivity contribution < 1.29 is 4.79 Å². The number of nitrogens with zero attached hydrogens (tertiary/aromatic N) is 2. The lowest BCUT2D eigenvalue weighted by Gasteiger charge is -2.23. The lowest BCUT2D eigenvalue weighted by Crippen LogP contribution is -2.48. The van der Waals surface area contributed by atoms with Gasteiger partial charge in [-0.25, -0.2) is 10.9 Å². The molecule has 1 aromatic rings. The molecule has 3 rings (SSSR count). The van der Waals surface area contributed by atoms with E-state index in [0.717, 1.165) is 6.42 Å². The molecule has 2 N–H and O–H groups in total. The van der Waals surface area contributed by atoms with Crippen LogP contribution in [-0.2, 0) is 4.79 Å². The predicted molar refractivity (Wildman–Crippen MR) is 59.2 cm³/mol. The van der Waals surface area contributed by atoms with E-state index in [1.807, 2.05) is 18.2 Å². The zero-order valence-corrected chi connectivity index (χ0v) is 8.63. The maximum absolute atomic E-state index is 11.5. The van der Waals surface area contributed by atoms with Crippen LogP contribution in [0.3, 0.4) is 0 Å². The van der Waals surface area contributed by atoms with Gasteiger partial charge in [0.15, 0.2) is 0 Å². The largest absolute Gasteiger partial charge is 0.283 e. The SMILES string of the molecule is O=C1NN=CN2NC(c3ccccc3)CC12. The van der Waals surface area contributed by atoms with E-state index in [1.54, 1.807) is 11.3 Å². The summed E-state index contributed by atoms with van der Waals surface area (Å²) in [7, 11) is 0. The highest BCUT2D eigenvalue weighted by Crippen LogP contribution is 2.27. The van der Waals surface area contributed by atoms with Gasteiger partial charge in [-0.3, -0.25) is 9.80 Å². The Balaban J connectivity index is 1.83. The van der Waals surface area contributed by atoms with Crippen molar-refractivity contribution in [1.82, 2.24) is 15.9 Å². The first-order valence-corrected chi connectivity index (χ1v) is 5.27. The molecule has 2 aliphatic rings. The molecule has 1 amide bonds. The minimum Gasteiger partial charge on any atom is -0.283 e. The van der Waals surface area contributed by atoms with Crippen molar-refractivity contribution in [3.05, 3.63) is 35.9 Å². The number of hydrogen-bond donors (Lipinski definition) is 2. The Labute approximate surface area is 93.1 Å². The Morgan fingerprint density at radius 3 is 2.88 bits per heavy atom. The van der Waals surface area contributed by atoms with E-state index < -0.39 is 0 Å². The van der Waals surface area contributed by atoms with Crippen LogP contribution < -0.4 is 10.9 Å². The van der Waals surface area contributed by atoms with Crippen LogP contribution in [0.1, 0.15) is 18.0 Å². The summed E-state index contributed by atoms with van der Waals surface area (Å²) in [6.07, 6.45) is 2.39. The molecule has 1 fully saturated rings. The topological polar surface area (TPSA) is 56.7 Å². The van der Waals surface area contributed by atoms with Gasteiger partial charge in [-0.2, -0.15) is 5.10 Å². The van der Waals surface area contributed by atoms with Crippen molar-refractivity contribution >= 4 is 12.2 Å². The molecule has 2 heterocycles. The maximum Gasteiger partial charge on any atom is 0.264 e. The van der Waals surface area contributed by atoms with Crippen LogP contribution in [0, 0.1) is 0 Å². The Morgan fingerprint density at radius 2 is 2.12 bits per heavy atom. The molecule has 5 heteroatoms. The molecule has 0 spiro atoms. The molecule has 2 atom stereocenters. The Bertz CT molecular complexity index is 431. The first kappa shape index (κ1) is 9.35. The molecule has 0 saturated carbocycles. The second kappa shape index (κ2) is 3.61. The van der Waals surface area contributed by atoms with Gasteiger partial charge in [-0.15, -0.1) is 0 Å². The van der Waals surface area contributed by atoms with Crippen LogP contribution >= 0.6 is 0 Å². The molecule has 0 radical (unpaired) electrons. The van der Waals surface area contributed by atoms with E-state index in [-0.39, 0.29) is 18.0 Å². The quantitative estimate of drug-likeness (QED) is 0.713. The first-order valence-electron chi connectivity index (χ1n) is 5.27. The summed E-state index contributed by atoms with van der Waals surface area (Å²) in [6.45, 7) is 0. The van der Waals surface area contributed by atoms with Crippen molar-refractivity contribution in [3.63, 3.8) is 0 Å². The predicted octanol–water partition coefficient (Wildman–Crippen LogP) is 0.380. The van der Waals surface area contributed by atoms with Gasteiger partial charge in [0.2, 0.25) is 0 Å². The number of hydrazine groups is 1. The highest BCUT2D eigenvalue weighted by atomic mass is 16.2. The summed E-state index contributed by atoms with van der Waals surface area (Å²) in [5, 5.41) is 5.54. The number of carbonyl (C=O) groups excluding carboxylic acids is 1. The number of fused-ring (bicyclic) bond motifs is 1. The molecule has 0 bridgehead atoms. The number of benzene rings is 1. The molecule has 2 aliphatic heterocycles. The van der Waals surface area contributed by atoms with Crippen molar-refractivity contribution in [3.8, 4) is 0 Å². The Hall–Kier alpha value is -1.88. The third kappa shape index (κ3) is 1.45. The standard InChI is InChI=1S/C11H12N4O/c16-11-10-6-9(8-4-2-1-3-5-8)14-15(10)7-12-13-11/h1-5,7,9-10,14H,6H2,(H,13,16). The van der Waals surface area contributed by atoms with Gasteiger partial charge in [-0.1, -0.05) is 30.3 Å². The smallest absolute Gasteiger partial charge is 0.264 e. The van der Waals surface area contributed by atoms with Crippen molar-refractivity contribution in [2.24, 2.45) is 5.10 Å². The third-order valence-corrected chi connectivity index (χ3v) is 2.96. The molecule has 5 nitrogen and oxygen atoms in total. The third-order valence-electron chi connectivity index (χ3n) is 2.96. The number of hydrazone groups is 1. The van der Waals surface area contributed by atoms with Crippen LogP contribution in [0.4, 0.5) is 0 Å². The van der Waals surface area contributed by atoms with E-state index in [0.29, 0.717) is 0 Å². The average Bonchev–Trinajstić information content (AvgIpc) is 2.76. The highest BCUT2D eigenvalue weighted by molar-refractivity contribution is 5.87. The molecule has 1 aromatic carbocycles. The number of rotatable bonds is 1. The monoisotopic (exact) mass is 216 g/mol. The molecule has 0 aliphatic carbocycles. The fourth-order valence-corrected chi connectivity index (χ4v) is 2.13. The first-order chi connectivity index (χ1) is 7.84. The van der Waals surface area contributed by atoms with Crippen molar-refractivity contribution in [2.45, 2.75) is 18.5 Å². The Kier molecular flexibility index (Phi) is 2.11. The molecule has 1 saturated heterocycles. The summed E-state index contributed by atoms with van der Waals surface area (Å²) in [5.41, 5.74) is 6.93. The fourth-order valence-electron chi connectivity index (χ4n) is 2.13. The van der Waals surface area contributed by atoms with E-state index in [2.05, 4.69) is 28.1 Å². The zero-order chi connectivity index (χ0) is 11.0. The van der Waals surface area contributed by atoms with Gasteiger partial charge in [-0.05, 0) is 12.0 Å². The van der Waals surface area contributed by atoms with Crippen LogP contribution in [-0.4, -0.2) is 23.3 Å². The molecule has 0 aromatic heterocycles. The van der Waals surface area contributed by atoms with Crippen molar-refractivity contribution in [1.29, 1.82) is 0 Å². The van der Waals surface area contributed by atoms with Gasteiger partial charge in [0, 0.05) is 0 Å². The van der Waals surface area contributed by atoms with Crippen LogP contribution in [0.25, 0.3) is 0 Å². The fraction of sp³-hybridized carbons (Fsp3) is 0.273. The van der Waals surface area contributed by atoms with Gasteiger partial charge in [0.1, 0.15) is 12.4 Å². The molecule has 2 unspecified atom stereocenters. The van der Waals surface area contributed by atoms with Crippen LogP contribution in [0.2, 0.25) is 0 Å². The normalized spacial score (nSPS) is 27.8. The zero-order valence-electron chi connectivity index (χ0n) is 8.63. The summed E-state index contributed by atoms with van der Waals surface area (Å²) >= 11 is 0. The number of amides is 1. The lowest BCUT2D eigenvalue weighted by atomic mass is 10.0. The van der Waals surface area contributed by atoms with Crippen molar-refractivity contribution in [2.75, 3.05) is 0 Å². The summed E-state index contributed by atoms with van der Waals surface area (Å²) in [6, 6.07) is 10.1. The Morgan fingerprint density at radius 1 is 1.31 bits per heavy atom. The molecular weight excluding hydrogens is 204 g/mol. The summed E-state index contributed by atoms with van der Waals surface area (Å²) in [5.74, 6) is -0.0477. The summed E-state index contributed by atoms with van der Waals surface area (Å²) in [4.78, 5) is 11.5. The number of nitrogens with one attached hydrogen (secondary N) is 2. The van der Waals surface area contributed by atoms with Gasteiger partial charge >= 0.3 is 0 Å². The molecule has 82 valence electrons. The van der Waals surface area contributed by atoms with Gasteiger partial charge < -0.3 is 0 Å². The number of hydrogen-bond acceptors (Lipinski definition) is 4. The van der Waals surface area contributed by atoms with E-state index >= 15 is 0 Å². The lowest BCUT2D eigenvalue weighted by molar-refractivity contribution is -0.125. The molecular formula is C11H12N4O. The van der Waals surface area contributed by atoms with E-state index in [1.165, 1.54) is 5.56 Å². The molecule has 16 heavy (non-hydrogen) atoms. The van der Waals surface area contributed by atoms with E-state index in [9.17, 15) is 4.79 Å². The van der Waals surface area contributed by atoms with Crippen LogP contribution in [0.5, 0.6) is 0 Å². The number of carbonyl (C=O) groups is 1. The highest BCUT2D eigenvalue weighted by Gasteiger charge is 2.37. The maximum atomic E-state index is 11.5. The average molecular weight is 216 g/mol. The second-order valence-electron chi connectivity index (χ2n) is 3.97. The van der Waals surface area contributed by atoms with Gasteiger partial charge in [0.05, 0.1) is 6.04 Å².